The second kappa shape index (κ2) is 5.36. The summed E-state index contributed by atoms with van der Waals surface area (Å²) in [7, 11) is 0. The Bertz CT molecular complexity index is 803. The van der Waals surface area contributed by atoms with Crippen molar-refractivity contribution in [3.8, 4) is 0 Å². The Morgan fingerprint density at radius 2 is 2.05 bits per heavy atom. The molecule has 4 nitrogen and oxygen atoms in total. The van der Waals surface area contributed by atoms with Gasteiger partial charge in [0.05, 0.1) is 31.5 Å². The lowest BCUT2D eigenvalue weighted by atomic mass is 10.2. The third kappa shape index (κ3) is 2.35. The second-order valence-corrected chi connectivity index (χ2v) is 5.63. The molecule has 2 aromatic heterocycles. The van der Waals surface area contributed by atoms with E-state index in [1.54, 1.807) is 17.6 Å². The summed E-state index contributed by atoms with van der Waals surface area (Å²) in [5.74, 6) is -0.370. The molecule has 0 atom stereocenters. The molecule has 0 saturated heterocycles. The lowest BCUT2D eigenvalue weighted by Gasteiger charge is -2.08. The van der Waals surface area contributed by atoms with Crippen molar-refractivity contribution in [1.82, 2.24) is 9.97 Å². The van der Waals surface area contributed by atoms with Gasteiger partial charge in [0.2, 0.25) is 0 Å². The van der Waals surface area contributed by atoms with E-state index in [-0.39, 0.29) is 11.5 Å². The molecule has 20 heavy (non-hydrogen) atoms. The molecule has 3 aromatic rings. The van der Waals surface area contributed by atoms with Gasteiger partial charge in [0, 0.05) is 12.4 Å². The number of anilines is 1. The molecule has 0 spiro atoms. The van der Waals surface area contributed by atoms with Crippen LogP contribution in [0.5, 0.6) is 0 Å². The first-order valence-electron chi connectivity index (χ1n) is 5.59. The summed E-state index contributed by atoms with van der Waals surface area (Å²) in [5.41, 5.74) is 3.14. The van der Waals surface area contributed by atoms with Gasteiger partial charge in [0.25, 0.3) is 5.91 Å². The normalized spacial score (nSPS) is 10.7. The first-order chi connectivity index (χ1) is 9.66. The average Bonchev–Trinajstić information content (AvgIpc) is 2.91. The molecule has 0 bridgehead atoms. The first-order valence-corrected chi connectivity index (χ1v) is 7.23. The molecule has 0 aliphatic rings. The topological polar surface area (TPSA) is 54.9 Å². The second-order valence-electron chi connectivity index (χ2n) is 3.93. The maximum atomic E-state index is 12.2. The van der Waals surface area contributed by atoms with Crippen LogP contribution in [0.3, 0.4) is 0 Å². The van der Waals surface area contributed by atoms with Crippen LogP contribution in [0.25, 0.3) is 10.2 Å². The minimum absolute atomic E-state index is 0.289. The van der Waals surface area contributed by atoms with Crippen molar-refractivity contribution in [2.24, 2.45) is 0 Å². The number of nitrogens with one attached hydrogen (secondary N) is 1. The number of hydrogen-bond donors (Lipinski definition) is 1. The van der Waals surface area contributed by atoms with Crippen molar-refractivity contribution in [1.29, 1.82) is 0 Å². The van der Waals surface area contributed by atoms with E-state index in [9.17, 15) is 4.79 Å². The summed E-state index contributed by atoms with van der Waals surface area (Å²) in [5, 5.41) is 3.51. The maximum absolute atomic E-state index is 12.2. The smallest absolute Gasteiger partial charge is 0.258 e. The average molecular weight is 324 g/mol. The van der Waals surface area contributed by atoms with Crippen molar-refractivity contribution in [2.45, 2.75) is 0 Å². The van der Waals surface area contributed by atoms with Crippen molar-refractivity contribution in [2.75, 3.05) is 5.32 Å². The van der Waals surface area contributed by atoms with Crippen LogP contribution in [0.15, 0.2) is 36.1 Å². The summed E-state index contributed by atoms with van der Waals surface area (Å²) in [6.07, 6.45) is 2.93. The predicted molar refractivity (Wildman–Crippen MR) is 81.8 cm³/mol. The molecular formula is C13H7Cl2N3OS. The number of hydrogen-bond acceptors (Lipinski definition) is 4. The van der Waals surface area contributed by atoms with E-state index >= 15 is 0 Å². The Hall–Kier alpha value is -1.69. The number of pyridine rings is 1. The summed E-state index contributed by atoms with van der Waals surface area (Å²) < 4.78 is 0.946. The minimum Gasteiger partial charge on any atom is -0.319 e. The number of fused-ring (bicyclic) bond motifs is 1. The number of nitrogens with zero attached hydrogens (tertiary/aromatic N) is 2. The monoisotopic (exact) mass is 323 g/mol. The Morgan fingerprint density at radius 1 is 1.20 bits per heavy atom. The van der Waals surface area contributed by atoms with Crippen LogP contribution in [-0.2, 0) is 0 Å². The fourth-order valence-corrected chi connectivity index (χ4v) is 2.83. The van der Waals surface area contributed by atoms with Gasteiger partial charge < -0.3 is 5.32 Å². The molecule has 100 valence electrons. The summed E-state index contributed by atoms with van der Waals surface area (Å²) in [4.78, 5) is 20.3. The molecule has 0 unspecified atom stereocenters. The van der Waals surface area contributed by atoms with Crippen LogP contribution in [0.4, 0.5) is 5.69 Å². The molecule has 1 N–H and O–H groups in total. The Labute approximate surface area is 128 Å². The van der Waals surface area contributed by atoms with Gasteiger partial charge in [-0.15, -0.1) is 11.3 Å². The number of thiazole rings is 1. The zero-order valence-electron chi connectivity index (χ0n) is 9.93. The summed E-state index contributed by atoms with van der Waals surface area (Å²) >= 11 is 13.6. The van der Waals surface area contributed by atoms with Crippen molar-refractivity contribution in [3.05, 3.63) is 51.7 Å². The molecule has 0 fully saturated rings. The number of carbonyl (C=O) groups is 1. The van der Waals surface area contributed by atoms with E-state index in [4.69, 9.17) is 23.2 Å². The molecule has 1 aromatic carbocycles. The Morgan fingerprint density at radius 3 is 2.85 bits per heavy atom. The highest BCUT2D eigenvalue weighted by Gasteiger charge is 2.15. The van der Waals surface area contributed by atoms with Crippen molar-refractivity contribution >= 4 is 56.3 Å². The predicted octanol–water partition coefficient (Wildman–Crippen LogP) is 4.25. The molecule has 0 radical (unpaired) electrons. The Balaban J connectivity index is 2.01. The van der Waals surface area contributed by atoms with Gasteiger partial charge in [-0.3, -0.25) is 9.78 Å². The molecule has 0 saturated carbocycles. The fraction of sp³-hybridized carbons (Fsp3) is 0. The van der Waals surface area contributed by atoms with Gasteiger partial charge in [-0.25, -0.2) is 4.98 Å². The van der Waals surface area contributed by atoms with Gasteiger partial charge in [0.15, 0.2) is 0 Å². The highest BCUT2D eigenvalue weighted by molar-refractivity contribution is 7.16. The first kappa shape index (κ1) is 13.3. The zero-order valence-corrected chi connectivity index (χ0v) is 12.3. The van der Waals surface area contributed by atoms with E-state index in [1.807, 2.05) is 6.07 Å². The largest absolute Gasteiger partial charge is 0.319 e. The van der Waals surface area contributed by atoms with Crippen molar-refractivity contribution < 1.29 is 4.79 Å². The number of benzene rings is 1. The molecule has 3 rings (SSSR count). The van der Waals surface area contributed by atoms with Crippen LogP contribution in [0.1, 0.15) is 10.4 Å². The van der Waals surface area contributed by atoms with Crippen LogP contribution in [0, 0.1) is 0 Å². The number of halogens is 2. The van der Waals surface area contributed by atoms with E-state index < -0.39 is 0 Å². The van der Waals surface area contributed by atoms with Crippen LogP contribution >= 0.6 is 34.5 Å². The summed E-state index contributed by atoms with van der Waals surface area (Å²) in [6.45, 7) is 0. The number of rotatable bonds is 2. The van der Waals surface area contributed by atoms with Gasteiger partial charge >= 0.3 is 0 Å². The molecular weight excluding hydrogens is 317 g/mol. The van der Waals surface area contributed by atoms with E-state index in [0.717, 1.165) is 4.70 Å². The number of aromatic nitrogens is 2. The van der Waals surface area contributed by atoms with Crippen LogP contribution in [0.2, 0.25) is 10.0 Å². The van der Waals surface area contributed by atoms with E-state index in [2.05, 4.69) is 15.3 Å². The van der Waals surface area contributed by atoms with Gasteiger partial charge in [-0.1, -0.05) is 23.2 Å². The van der Waals surface area contributed by atoms with Crippen molar-refractivity contribution in [3.63, 3.8) is 0 Å². The van der Waals surface area contributed by atoms with Gasteiger partial charge in [-0.2, -0.15) is 0 Å². The zero-order chi connectivity index (χ0) is 14.1. The van der Waals surface area contributed by atoms with Crippen LogP contribution in [-0.4, -0.2) is 15.9 Å². The quantitative estimate of drug-likeness (QED) is 0.767. The SMILES string of the molecule is O=C(Nc1c(Cl)ccc2scnc12)c1cnccc1Cl. The number of carbonyl (C=O) groups excluding carboxylic acids is 1. The third-order valence-electron chi connectivity index (χ3n) is 2.70. The lowest BCUT2D eigenvalue weighted by molar-refractivity contribution is 0.102. The highest BCUT2D eigenvalue weighted by Crippen LogP contribution is 2.32. The standard InChI is InChI=1S/C13H7Cl2N3OS/c14-8-3-4-16-5-7(8)13(19)18-11-9(15)1-2-10-12(11)17-6-20-10/h1-6H,(H,18,19). The summed E-state index contributed by atoms with van der Waals surface area (Å²) in [6, 6.07) is 5.14. The maximum Gasteiger partial charge on any atom is 0.258 e. The lowest BCUT2D eigenvalue weighted by Crippen LogP contribution is -2.13. The molecule has 2 heterocycles. The molecule has 1 amide bonds. The fourth-order valence-electron chi connectivity index (χ4n) is 1.75. The number of amides is 1. The van der Waals surface area contributed by atoms with E-state index in [0.29, 0.717) is 21.2 Å². The van der Waals surface area contributed by atoms with Gasteiger partial charge in [-0.05, 0) is 18.2 Å². The minimum atomic E-state index is -0.370. The highest BCUT2D eigenvalue weighted by atomic mass is 35.5. The third-order valence-corrected chi connectivity index (χ3v) is 4.14. The molecule has 0 aliphatic heterocycles. The van der Waals surface area contributed by atoms with Gasteiger partial charge in [0.1, 0.15) is 5.52 Å². The Kier molecular flexibility index (Phi) is 3.56. The van der Waals surface area contributed by atoms with Crippen LogP contribution < -0.4 is 5.32 Å². The van der Waals surface area contributed by atoms with E-state index in [1.165, 1.54) is 23.7 Å². The molecule has 0 aliphatic carbocycles. The molecule has 7 heteroatoms.